The normalized spacial score (nSPS) is 20.6. The number of halogens is 1. The first-order valence-electron chi connectivity index (χ1n) is 7.15. The maximum Gasteiger partial charge on any atom is 0.0737 e. The first-order valence-corrected chi connectivity index (χ1v) is 8.41. The van der Waals surface area contributed by atoms with Crippen LogP contribution in [-0.2, 0) is 0 Å². The van der Waals surface area contributed by atoms with Crippen LogP contribution in [0, 0.1) is 25.2 Å². The van der Waals surface area contributed by atoms with E-state index >= 15 is 0 Å². The van der Waals surface area contributed by atoms with Crippen LogP contribution in [-0.4, -0.2) is 0 Å². The molecule has 1 aromatic heterocycles. The molecule has 18 heavy (non-hydrogen) atoms. The third kappa shape index (κ3) is 2.77. The molecule has 0 spiro atoms. The van der Waals surface area contributed by atoms with Gasteiger partial charge in [0.2, 0.25) is 0 Å². The summed E-state index contributed by atoms with van der Waals surface area (Å²) in [6.45, 7) is 9.06. The second-order valence-electron chi connectivity index (χ2n) is 6.43. The Kier molecular flexibility index (Phi) is 4.44. The fourth-order valence-corrected chi connectivity index (χ4v) is 5.41. The van der Waals surface area contributed by atoms with Crippen LogP contribution in [0.15, 0.2) is 6.07 Å². The fraction of sp³-hybridized carbons (Fsp3) is 0.750. The van der Waals surface area contributed by atoms with E-state index in [4.69, 9.17) is 11.6 Å². The number of thiophene rings is 1. The zero-order chi connectivity index (χ0) is 13.3. The van der Waals surface area contributed by atoms with Gasteiger partial charge in [-0.15, -0.1) is 22.9 Å². The Balaban J connectivity index is 2.28. The molecule has 0 N–H and O–H groups in total. The van der Waals surface area contributed by atoms with Gasteiger partial charge in [-0.25, -0.2) is 0 Å². The van der Waals surface area contributed by atoms with Crippen LogP contribution in [0.1, 0.15) is 66.6 Å². The Bertz CT molecular complexity index is 399. The molecule has 1 aliphatic carbocycles. The highest BCUT2D eigenvalue weighted by molar-refractivity contribution is 7.12. The van der Waals surface area contributed by atoms with E-state index in [9.17, 15) is 0 Å². The molecule has 0 bridgehead atoms. The third-order valence-corrected chi connectivity index (χ3v) is 6.29. The Hall–Kier alpha value is -0.0100. The molecular formula is C16H25ClS. The lowest BCUT2D eigenvalue weighted by Crippen LogP contribution is -2.24. The Morgan fingerprint density at radius 1 is 1.28 bits per heavy atom. The van der Waals surface area contributed by atoms with Crippen LogP contribution in [0.25, 0.3) is 0 Å². The second kappa shape index (κ2) is 5.54. The minimum atomic E-state index is 0.223. The Morgan fingerprint density at radius 2 is 1.89 bits per heavy atom. The number of aryl methyl sites for hydroxylation is 2. The number of rotatable bonds is 4. The van der Waals surface area contributed by atoms with Gasteiger partial charge in [0.25, 0.3) is 0 Å². The van der Waals surface area contributed by atoms with Gasteiger partial charge in [0.15, 0.2) is 0 Å². The molecule has 0 aliphatic heterocycles. The van der Waals surface area contributed by atoms with Crippen molar-refractivity contribution < 1.29 is 0 Å². The van der Waals surface area contributed by atoms with E-state index in [0.29, 0.717) is 5.41 Å². The van der Waals surface area contributed by atoms with E-state index in [1.807, 2.05) is 11.3 Å². The predicted molar refractivity (Wildman–Crippen MR) is 82.7 cm³/mol. The molecule has 2 rings (SSSR count). The van der Waals surface area contributed by atoms with Gasteiger partial charge in [0, 0.05) is 9.75 Å². The molecule has 1 unspecified atom stereocenters. The zero-order valence-electron chi connectivity index (χ0n) is 12.1. The maximum atomic E-state index is 6.94. The summed E-state index contributed by atoms with van der Waals surface area (Å²) in [5.41, 5.74) is 1.75. The standard InChI is InChI=1S/C16H25ClS/c1-11(2)10-16(7-5-6-8-16)15(17)14-12(3)9-13(4)18-14/h9,11,15H,5-8,10H2,1-4H3. The fourth-order valence-electron chi connectivity index (χ4n) is 3.64. The SMILES string of the molecule is Cc1cc(C)c(C(Cl)C2(CC(C)C)CCCC2)s1. The molecule has 1 fully saturated rings. The maximum absolute atomic E-state index is 6.94. The van der Waals surface area contributed by atoms with Crippen molar-refractivity contribution in [1.82, 2.24) is 0 Å². The van der Waals surface area contributed by atoms with Gasteiger partial charge in [0.05, 0.1) is 5.38 Å². The summed E-state index contributed by atoms with van der Waals surface area (Å²) in [7, 11) is 0. The molecule has 1 atom stereocenters. The lowest BCUT2D eigenvalue weighted by atomic mass is 9.75. The highest BCUT2D eigenvalue weighted by Gasteiger charge is 2.42. The van der Waals surface area contributed by atoms with E-state index in [2.05, 4.69) is 33.8 Å². The van der Waals surface area contributed by atoms with E-state index in [1.165, 1.54) is 47.4 Å². The molecule has 102 valence electrons. The summed E-state index contributed by atoms with van der Waals surface area (Å²) in [6, 6.07) is 2.29. The van der Waals surface area contributed by atoms with Gasteiger partial charge < -0.3 is 0 Å². The average molecular weight is 285 g/mol. The van der Waals surface area contributed by atoms with Gasteiger partial charge in [-0.05, 0) is 56.1 Å². The lowest BCUT2D eigenvalue weighted by Gasteiger charge is -2.35. The zero-order valence-corrected chi connectivity index (χ0v) is 13.6. The molecule has 0 nitrogen and oxygen atoms in total. The van der Waals surface area contributed by atoms with Crippen LogP contribution in [0.3, 0.4) is 0 Å². The molecule has 0 radical (unpaired) electrons. The van der Waals surface area contributed by atoms with Crippen LogP contribution >= 0.6 is 22.9 Å². The summed E-state index contributed by atoms with van der Waals surface area (Å²) in [5, 5.41) is 0.223. The lowest BCUT2D eigenvalue weighted by molar-refractivity contribution is 0.224. The van der Waals surface area contributed by atoms with Crippen molar-refractivity contribution in [2.24, 2.45) is 11.3 Å². The predicted octanol–water partition coefficient (Wildman–Crippen LogP) is 6.25. The van der Waals surface area contributed by atoms with E-state index in [-0.39, 0.29) is 5.38 Å². The van der Waals surface area contributed by atoms with E-state index in [1.54, 1.807) is 0 Å². The highest BCUT2D eigenvalue weighted by atomic mass is 35.5. The molecule has 1 saturated carbocycles. The van der Waals surface area contributed by atoms with Crippen molar-refractivity contribution in [3.8, 4) is 0 Å². The summed E-state index contributed by atoms with van der Waals surface area (Å²) in [5.74, 6) is 0.741. The first-order chi connectivity index (χ1) is 8.44. The van der Waals surface area contributed by atoms with Crippen molar-refractivity contribution in [1.29, 1.82) is 0 Å². The van der Waals surface area contributed by atoms with E-state index in [0.717, 1.165) is 5.92 Å². The molecule has 2 heteroatoms. The smallest absolute Gasteiger partial charge is 0.0737 e. The molecule has 0 amide bonds. The van der Waals surface area contributed by atoms with Gasteiger partial charge in [-0.1, -0.05) is 26.7 Å². The number of hydrogen-bond donors (Lipinski definition) is 0. The average Bonchev–Trinajstić information content (AvgIpc) is 2.84. The van der Waals surface area contributed by atoms with Crippen LogP contribution < -0.4 is 0 Å². The molecule has 1 aromatic rings. The molecular weight excluding hydrogens is 260 g/mol. The Morgan fingerprint density at radius 3 is 2.33 bits per heavy atom. The molecule has 0 saturated heterocycles. The van der Waals surface area contributed by atoms with Crippen LogP contribution in [0.2, 0.25) is 0 Å². The van der Waals surface area contributed by atoms with Gasteiger partial charge in [-0.3, -0.25) is 0 Å². The Labute approximate surface area is 121 Å². The van der Waals surface area contributed by atoms with Crippen molar-refractivity contribution in [2.75, 3.05) is 0 Å². The quantitative estimate of drug-likeness (QED) is 0.573. The van der Waals surface area contributed by atoms with Gasteiger partial charge >= 0.3 is 0 Å². The molecule has 0 aromatic carbocycles. The monoisotopic (exact) mass is 284 g/mol. The number of hydrogen-bond acceptors (Lipinski definition) is 1. The van der Waals surface area contributed by atoms with Crippen molar-refractivity contribution in [2.45, 2.75) is 65.2 Å². The second-order valence-corrected chi connectivity index (χ2v) is 8.16. The number of alkyl halides is 1. The third-order valence-electron chi connectivity index (χ3n) is 4.26. The summed E-state index contributed by atoms with van der Waals surface area (Å²) >= 11 is 8.85. The molecule has 1 heterocycles. The highest BCUT2D eigenvalue weighted by Crippen LogP contribution is 2.56. The van der Waals surface area contributed by atoms with Crippen molar-refractivity contribution in [3.63, 3.8) is 0 Å². The van der Waals surface area contributed by atoms with Crippen molar-refractivity contribution in [3.05, 3.63) is 21.4 Å². The largest absolute Gasteiger partial charge is 0.144 e. The minimum Gasteiger partial charge on any atom is -0.144 e. The van der Waals surface area contributed by atoms with Crippen LogP contribution in [0.5, 0.6) is 0 Å². The minimum absolute atomic E-state index is 0.223. The van der Waals surface area contributed by atoms with E-state index < -0.39 is 0 Å². The van der Waals surface area contributed by atoms with Gasteiger partial charge in [0.1, 0.15) is 0 Å². The van der Waals surface area contributed by atoms with Crippen LogP contribution in [0.4, 0.5) is 0 Å². The first kappa shape index (κ1) is 14.4. The van der Waals surface area contributed by atoms with Crippen molar-refractivity contribution >= 4 is 22.9 Å². The summed E-state index contributed by atoms with van der Waals surface area (Å²) in [4.78, 5) is 2.82. The van der Waals surface area contributed by atoms with Gasteiger partial charge in [-0.2, -0.15) is 0 Å². The molecule has 1 aliphatic rings. The summed E-state index contributed by atoms with van der Waals surface area (Å²) < 4.78 is 0. The summed E-state index contributed by atoms with van der Waals surface area (Å²) in [6.07, 6.45) is 6.63. The topological polar surface area (TPSA) is 0 Å².